The Hall–Kier alpha value is -1.39. The fourth-order valence-electron chi connectivity index (χ4n) is 0.792. The van der Waals surface area contributed by atoms with E-state index in [0.29, 0.717) is 5.69 Å². The Morgan fingerprint density at radius 1 is 1.42 bits per heavy atom. The van der Waals surface area contributed by atoms with Crippen LogP contribution in [0.15, 0.2) is 30.3 Å². The summed E-state index contributed by atoms with van der Waals surface area (Å²) in [6.45, 7) is 0. The van der Waals surface area contributed by atoms with E-state index in [1.165, 1.54) is 7.11 Å². The number of para-hydroxylation sites is 1. The van der Waals surface area contributed by atoms with E-state index in [9.17, 15) is 4.79 Å². The number of nitrogens with zero attached hydrogens (tertiary/aromatic N) is 1. The van der Waals surface area contributed by atoms with Gasteiger partial charge in [-0.2, -0.15) is 0 Å². The second-order valence-corrected chi connectivity index (χ2v) is 2.06. The molecule has 0 heterocycles. The summed E-state index contributed by atoms with van der Waals surface area (Å²) in [5.74, 6) is 0. The maximum atomic E-state index is 10.4. The minimum atomic E-state index is 0.675. The average Bonchev–Trinajstić information content (AvgIpc) is 2.15. The summed E-state index contributed by atoms with van der Waals surface area (Å²) in [6, 6.07) is 9.02. The van der Waals surface area contributed by atoms with Crippen molar-refractivity contribution in [3.05, 3.63) is 30.3 Å². The van der Waals surface area contributed by atoms with Crippen LogP contribution in [0.2, 0.25) is 0 Å². The van der Waals surface area contributed by atoms with Crippen LogP contribution in [0.4, 0.5) is 5.69 Å². The molecule has 12 heavy (non-hydrogen) atoms. The molecule has 0 aliphatic heterocycles. The Bertz CT molecular complexity index is 238. The molecule has 0 saturated heterocycles. The molecule has 0 saturated carbocycles. The summed E-state index contributed by atoms with van der Waals surface area (Å²) in [4.78, 5) is 14.9. The molecule has 63 valence electrons. The molecule has 4 heteroatoms. The SMILES string of the molecule is CONN([C]=O)c1ccccc1. The number of hydrogen-bond acceptors (Lipinski definition) is 3. The molecule has 1 radical (unpaired) electrons. The van der Waals surface area contributed by atoms with E-state index in [0.717, 1.165) is 5.01 Å². The zero-order chi connectivity index (χ0) is 8.81. The summed E-state index contributed by atoms with van der Waals surface area (Å²) < 4.78 is 0. The van der Waals surface area contributed by atoms with Gasteiger partial charge in [-0.3, -0.25) is 9.63 Å². The van der Waals surface area contributed by atoms with Gasteiger partial charge in [-0.05, 0) is 12.1 Å². The first-order valence-electron chi connectivity index (χ1n) is 3.40. The molecule has 1 amide bonds. The highest BCUT2D eigenvalue weighted by molar-refractivity contribution is 5.73. The molecule has 0 spiro atoms. The van der Waals surface area contributed by atoms with E-state index in [-0.39, 0.29) is 0 Å². The van der Waals surface area contributed by atoms with Crippen LogP contribution < -0.4 is 10.6 Å². The van der Waals surface area contributed by atoms with Gasteiger partial charge in [0.2, 0.25) is 0 Å². The number of amides is 1. The molecule has 0 aromatic heterocycles. The third-order valence-corrected chi connectivity index (χ3v) is 1.29. The minimum Gasteiger partial charge on any atom is -0.285 e. The predicted octanol–water partition coefficient (Wildman–Crippen LogP) is 0.626. The minimum absolute atomic E-state index is 0.675. The smallest absolute Gasteiger partial charge is 0.285 e. The number of hydrogen-bond donors (Lipinski definition) is 1. The van der Waals surface area contributed by atoms with Gasteiger partial charge in [0.25, 0.3) is 0 Å². The zero-order valence-corrected chi connectivity index (χ0v) is 6.65. The lowest BCUT2D eigenvalue weighted by Crippen LogP contribution is -2.35. The molecule has 1 aromatic rings. The fraction of sp³-hybridized carbons (Fsp3) is 0.125. The maximum Gasteiger partial charge on any atom is 0.334 e. The van der Waals surface area contributed by atoms with Gasteiger partial charge in [0.1, 0.15) is 0 Å². The highest BCUT2D eigenvalue weighted by Gasteiger charge is 2.02. The standard InChI is InChI=1S/C8H9N2O2/c1-12-9-10(7-11)8-5-3-2-4-6-8/h2-6,9H,1H3. The summed E-state index contributed by atoms with van der Waals surface area (Å²) in [6.07, 6.45) is 1.67. The third kappa shape index (κ3) is 2.05. The Kier molecular flexibility index (Phi) is 3.25. The molecule has 0 aliphatic rings. The number of anilines is 1. The van der Waals surface area contributed by atoms with Crippen molar-refractivity contribution in [2.24, 2.45) is 0 Å². The first kappa shape index (κ1) is 8.70. The summed E-state index contributed by atoms with van der Waals surface area (Å²) in [7, 11) is 1.42. The van der Waals surface area contributed by atoms with Crippen molar-refractivity contribution in [3.8, 4) is 0 Å². The van der Waals surface area contributed by atoms with Crippen LogP contribution in [-0.4, -0.2) is 13.5 Å². The van der Waals surface area contributed by atoms with E-state index in [1.54, 1.807) is 18.5 Å². The van der Waals surface area contributed by atoms with Gasteiger partial charge < -0.3 is 0 Å². The van der Waals surface area contributed by atoms with Crippen LogP contribution in [-0.2, 0) is 9.63 Å². The zero-order valence-electron chi connectivity index (χ0n) is 6.65. The van der Waals surface area contributed by atoms with Crippen molar-refractivity contribution in [1.82, 2.24) is 5.59 Å². The van der Waals surface area contributed by atoms with Crippen LogP contribution in [0.3, 0.4) is 0 Å². The van der Waals surface area contributed by atoms with Crippen LogP contribution >= 0.6 is 0 Å². The van der Waals surface area contributed by atoms with E-state index in [4.69, 9.17) is 0 Å². The summed E-state index contributed by atoms with van der Waals surface area (Å²) in [5, 5.41) is 1.11. The van der Waals surface area contributed by atoms with Gasteiger partial charge in [-0.1, -0.05) is 18.2 Å². The van der Waals surface area contributed by atoms with Crippen molar-refractivity contribution in [2.75, 3.05) is 12.1 Å². The van der Waals surface area contributed by atoms with Crippen LogP contribution in [0.1, 0.15) is 0 Å². The molecule has 0 unspecified atom stereocenters. The summed E-state index contributed by atoms with van der Waals surface area (Å²) >= 11 is 0. The van der Waals surface area contributed by atoms with E-state index in [1.807, 2.05) is 18.2 Å². The Labute approximate surface area is 70.7 Å². The molecule has 1 rings (SSSR count). The van der Waals surface area contributed by atoms with Gasteiger partial charge in [0.15, 0.2) is 0 Å². The van der Waals surface area contributed by atoms with Gasteiger partial charge in [0.05, 0.1) is 12.8 Å². The number of hydrazine groups is 1. The number of rotatable bonds is 4. The van der Waals surface area contributed by atoms with Crippen LogP contribution in [0.25, 0.3) is 0 Å². The van der Waals surface area contributed by atoms with Crippen molar-refractivity contribution in [1.29, 1.82) is 0 Å². The third-order valence-electron chi connectivity index (χ3n) is 1.29. The van der Waals surface area contributed by atoms with Gasteiger partial charge in [-0.25, -0.2) is 5.01 Å². The highest BCUT2D eigenvalue weighted by atomic mass is 16.7. The van der Waals surface area contributed by atoms with Crippen LogP contribution in [0.5, 0.6) is 0 Å². The highest BCUT2D eigenvalue weighted by Crippen LogP contribution is 2.08. The topological polar surface area (TPSA) is 41.6 Å². The van der Waals surface area contributed by atoms with E-state index >= 15 is 0 Å². The molecule has 0 fully saturated rings. The van der Waals surface area contributed by atoms with Crippen molar-refractivity contribution in [2.45, 2.75) is 0 Å². The monoisotopic (exact) mass is 165 g/mol. The van der Waals surface area contributed by atoms with Crippen molar-refractivity contribution < 1.29 is 9.63 Å². The second-order valence-electron chi connectivity index (χ2n) is 2.06. The van der Waals surface area contributed by atoms with E-state index < -0.39 is 0 Å². The fourth-order valence-corrected chi connectivity index (χ4v) is 0.792. The Morgan fingerprint density at radius 2 is 2.08 bits per heavy atom. The van der Waals surface area contributed by atoms with E-state index in [2.05, 4.69) is 10.4 Å². The number of nitrogens with one attached hydrogen (secondary N) is 1. The maximum absolute atomic E-state index is 10.4. The first-order chi connectivity index (χ1) is 5.88. The van der Waals surface area contributed by atoms with Crippen molar-refractivity contribution >= 4 is 12.1 Å². The van der Waals surface area contributed by atoms with Crippen LogP contribution in [0, 0.1) is 0 Å². The Balaban J connectivity index is 2.73. The molecule has 0 atom stereocenters. The molecule has 0 bridgehead atoms. The lowest BCUT2D eigenvalue weighted by Gasteiger charge is -2.14. The Morgan fingerprint density at radius 3 is 2.58 bits per heavy atom. The first-order valence-corrected chi connectivity index (χ1v) is 3.40. The lowest BCUT2D eigenvalue weighted by molar-refractivity contribution is 0.0939. The van der Waals surface area contributed by atoms with Gasteiger partial charge >= 0.3 is 6.41 Å². The molecule has 1 N–H and O–H groups in total. The number of benzene rings is 1. The molecular formula is C8H9N2O2. The molecule has 1 aromatic carbocycles. The quantitative estimate of drug-likeness (QED) is 0.525. The summed E-state index contributed by atoms with van der Waals surface area (Å²) in [5.41, 5.74) is 3.03. The second kappa shape index (κ2) is 4.48. The normalized spacial score (nSPS) is 9.42. The predicted molar refractivity (Wildman–Crippen MR) is 44.8 cm³/mol. The van der Waals surface area contributed by atoms with Gasteiger partial charge in [0, 0.05) is 0 Å². The molecule has 0 aliphatic carbocycles. The lowest BCUT2D eigenvalue weighted by atomic mass is 10.3. The largest absolute Gasteiger partial charge is 0.334 e. The molecule has 4 nitrogen and oxygen atoms in total. The van der Waals surface area contributed by atoms with Gasteiger partial charge in [-0.15, -0.1) is 5.59 Å². The molecular weight excluding hydrogens is 156 g/mol. The number of carbonyl (C=O) groups excluding carboxylic acids is 1. The van der Waals surface area contributed by atoms with Crippen molar-refractivity contribution in [3.63, 3.8) is 0 Å². The average molecular weight is 165 g/mol.